The first-order valence-electron chi connectivity index (χ1n) is 7.47. The van der Waals surface area contributed by atoms with Crippen LogP contribution in [0.1, 0.15) is 59.3 Å². The number of likely N-dealkylation sites (tertiary alicyclic amines) is 1. The van der Waals surface area contributed by atoms with E-state index in [9.17, 15) is 0 Å². The second kappa shape index (κ2) is 4.89. The Kier molecular flexibility index (Phi) is 3.84. The molecule has 2 N–H and O–H groups in total. The third kappa shape index (κ3) is 2.26. The molecule has 2 rings (SSSR count). The normalized spacial score (nSPS) is 36.0. The van der Waals surface area contributed by atoms with Crippen LogP contribution in [0.5, 0.6) is 0 Å². The van der Waals surface area contributed by atoms with Crippen LogP contribution >= 0.6 is 0 Å². The Hall–Kier alpha value is -0.0800. The second-order valence-corrected chi connectivity index (χ2v) is 7.00. The standard InChI is InChI=1S/C15H30N2/c1-13-6-10-17(11-7-13)15(12-16)9-5-4-8-14(15,2)3/h13H,4-12,16H2,1-3H3. The van der Waals surface area contributed by atoms with Gasteiger partial charge in [-0.2, -0.15) is 0 Å². The second-order valence-electron chi connectivity index (χ2n) is 7.00. The highest BCUT2D eigenvalue weighted by Crippen LogP contribution is 2.47. The van der Waals surface area contributed by atoms with Crippen LogP contribution in [-0.2, 0) is 0 Å². The maximum Gasteiger partial charge on any atom is 0.0382 e. The van der Waals surface area contributed by atoms with E-state index in [1.165, 1.54) is 51.6 Å². The highest BCUT2D eigenvalue weighted by atomic mass is 15.2. The van der Waals surface area contributed by atoms with Gasteiger partial charge < -0.3 is 5.73 Å². The molecule has 0 bridgehead atoms. The van der Waals surface area contributed by atoms with Gasteiger partial charge in [0.25, 0.3) is 0 Å². The number of hydrogen-bond acceptors (Lipinski definition) is 2. The Morgan fingerprint density at radius 3 is 2.24 bits per heavy atom. The van der Waals surface area contributed by atoms with Crippen LogP contribution in [0.3, 0.4) is 0 Å². The van der Waals surface area contributed by atoms with E-state index in [0.717, 1.165) is 12.5 Å². The largest absolute Gasteiger partial charge is 0.329 e. The van der Waals surface area contributed by atoms with Crippen LogP contribution in [0.4, 0.5) is 0 Å². The first kappa shape index (κ1) is 13.4. The summed E-state index contributed by atoms with van der Waals surface area (Å²) in [6.45, 7) is 10.6. The summed E-state index contributed by atoms with van der Waals surface area (Å²) in [5.41, 5.74) is 6.91. The molecule has 1 atom stereocenters. The van der Waals surface area contributed by atoms with Crippen molar-refractivity contribution in [2.75, 3.05) is 19.6 Å². The molecule has 1 aliphatic heterocycles. The molecule has 0 spiro atoms. The molecule has 2 nitrogen and oxygen atoms in total. The quantitative estimate of drug-likeness (QED) is 0.801. The van der Waals surface area contributed by atoms with Gasteiger partial charge in [-0.25, -0.2) is 0 Å². The highest BCUT2D eigenvalue weighted by Gasteiger charge is 2.49. The van der Waals surface area contributed by atoms with Crippen molar-refractivity contribution in [1.29, 1.82) is 0 Å². The van der Waals surface area contributed by atoms with E-state index in [1.807, 2.05) is 0 Å². The molecule has 100 valence electrons. The maximum absolute atomic E-state index is 6.24. The molecule has 1 saturated heterocycles. The molecule has 2 aliphatic rings. The molecule has 2 fully saturated rings. The summed E-state index contributed by atoms with van der Waals surface area (Å²) in [4.78, 5) is 2.74. The third-order valence-electron chi connectivity index (χ3n) is 5.63. The maximum atomic E-state index is 6.24. The Labute approximate surface area is 107 Å². The van der Waals surface area contributed by atoms with E-state index in [-0.39, 0.29) is 5.54 Å². The smallest absolute Gasteiger partial charge is 0.0382 e. The lowest BCUT2D eigenvalue weighted by molar-refractivity contribution is -0.0584. The molecular weight excluding hydrogens is 208 g/mol. The molecule has 17 heavy (non-hydrogen) atoms. The van der Waals surface area contributed by atoms with Gasteiger partial charge in [0, 0.05) is 12.1 Å². The lowest BCUT2D eigenvalue weighted by atomic mass is 9.61. The van der Waals surface area contributed by atoms with E-state index in [4.69, 9.17) is 5.73 Å². The van der Waals surface area contributed by atoms with E-state index in [0.29, 0.717) is 5.41 Å². The van der Waals surface area contributed by atoms with Gasteiger partial charge in [-0.1, -0.05) is 33.6 Å². The number of piperidine rings is 1. The zero-order valence-corrected chi connectivity index (χ0v) is 12.0. The molecule has 2 heteroatoms. The number of nitrogens with zero attached hydrogens (tertiary/aromatic N) is 1. The fourth-order valence-electron chi connectivity index (χ4n) is 4.09. The molecule has 0 aromatic carbocycles. The Bertz CT molecular complexity index is 254. The molecule has 1 unspecified atom stereocenters. The van der Waals surface area contributed by atoms with Crippen molar-refractivity contribution >= 4 is 0 Å². The molecule has 1 heterocycles. The molecule has 0 radical (unpaired) electrons. The van der Waals surface area contributed by atoms with Gasteiger partial charge in [0.05, 0.1) is 0 Å². The zero-order chi connectivity index (χ0) is 12.5. The topological polar surface area (TPSA) is 29.3 Å². The van der Waals surface area contributed by atoms with Crippen molar-refractivity contribution in [3.05, 3.63) is 0 Å². The molecular formula is C15H30N2. The lowest BCUT2D eigenvalue weighted by Gasteiger charge is -2.57. The SMILES string of the molecule is CC1CCN(C2(CN)CCCCC2(C)C)CC1. The van der Waals surface area contributed by atoms with Gasteiger partial charge in [0.15, 0.2) is 0 Å². The average molecular weight is 238 g/mol. The molecule has 1 saturated carbocycles. The van der Waals surface area contributed by atoms with Crippen molar-refractivity contribution in [2.45, 2.75) is 64.8 Å². The summed E-state index contributed by atoms with van der Waals surface area (Å²) < 4.78 is 0. The Morgan fingerprint density at radius 2 is 1.71 bits per heavy atom. The minimum atomic E-state index is 0.283. The first-order valence-corrected chi connectivity index (χ1v) is 7.47. The van der Waals surface area contributed by atoms with Crippen molar-refractivity contribution in [3.63, 3.8) is 0 Å². The predicted octanol–water partition coefficient (Wildman–Crippen LogP) is 3.02. The molecule has 1 aliphatic carbocycles. The van der Waals surface area contributed by atoms with E-state index >= 15 is 0 Å². The summed E-state index contributed by atoms with van der Waals surface area (Å²) in [6, 6.07) is 0. The monoisotopic (exact) mass is 238 g/mol. The van der Waals surface area contributed by atoms with E-state index in [2.05, 4.69) is 25.7 Å². The van der Waals surface area contributed by atoms with Crippen LogP contribution in [0.25, 0.3) is 0 Å². The van der Waals surface area contributed by atoms with Crippen LogP contribution in [-0.4, -0.2) is 30.1 Å². The third-order valence-corrected chi connectivity index (χ3v) is 5.63. The van der Waals surface area contributed by atoms with Crippen LogP contribution in [0.15, 0.2) is 0 Å². The van der Waals surface area contributed by atoms with Gasteiger partial charge in [0.2, 0.25) is 0 Å². The van der Waals surface area contributed by atoms with Gasteiger partial charge in [-0.05, 0) is 50.1 Å². The summed E-state index contributed by atoms with van der Waals surface area (Å²) >= 11 is 0. The molecule has 0 aromatic rings. The van der Waals surface area contributed by atoms with Gasteiger partial charge in [-0.15, -0.1) is 0 Å². The number of hydrogen-bond donors (Lipinski definition) is 1. The van der Waals surface area contributed by atoms with Gasteiger partial charge in [0.1, 0.15) is 0 Å². The van der Waals surface area contributed by atoms with Crippen LogP contribution in [0, 0.1) is 11.3 Å². The summed E-state index contributed by atoms with van der Waals surface area (Å²) in [7, 11) is 0. The minimum absolute atomic E-state index is 0.283. The Balaban J connectivity index is 2.17. The number of rotatable bonds is 2. The summed E-state index contributed by atoms with van der Waals surface area (Å²) in [5, 5.41) is 0. The van der Waals surface area contributed by atoms with Crippen molar-refractivity contribution in [3.8, 4) is 0 Å². The van der Waals surface area contributed by atoms with Crippen molar-refractivity contribution < 1.29 is 0 Å². The highest BCUT2D eigenvalue weighted by molar-refractivity contribution is 5.05. The fraction of sp³-hybridized carbons (Fsp3) is 1.00. The Morgan fingerprint density at radius 1 is 1.12 bits per heavy atom. The van der Waals surface area contributed by atoms with Gasteiger partial charge >= 0.3 is 0 Å². The van der Waals surface area contributed by atoms with E-state index < -0.39 is 0 Å². The predicted molar refractivity (Wildman–Crippen MR) is 74.0 cm³/mol. The fourth-order valence-corrected chi connectivity index (χ4v) is 4.09. The molecule has 0 aromatic heterocycles. The van der Waals surface area contributed by atoms with Crippen LogP contribution in [0.2, 0.25) is 0 Å². The first-order chi connectivity index (χ1) is 8.02. The zero-order valence-electron chi connectivity index (χ0n) is 12.0. The lowest BCUT2D eigenvalue weighted by Crippen LogP contribution is -2.65. The minimum Gasteiger partial charge on any atom is -0.329 e. The van der Waals surface area contributed by atoms with E-state index in [1.54, 1.807) is 0 Å². The van der Waals surface area contributed by atoms with Crippen molar-refractivity contribution in [2.24, 2.45) is 17.1 Å². The summed E-state index contributed by atoms with van der Waals surface area (Å²) in [5.74, 6) is 0.910. The average Bonchev–Trinajstić information content (AvgIpc) is 2.30. The number of nitrogens with two attached hydrogens (primary N) is 1. The summed E-state index contributed by atoms with van der Waals surface area (Å²) in [6.07, 6.45) is 8.13. The molecule has 0 amide bonds. The van der Waals surface area contributed by atoms with Crippen molar-refractivity contribution in [1.82, 2.24) is 4.90 Å². The van der Waals surface area contributed by atoms with Gasteiger partial charge in [-0.3, -0.25) is 4.90 Å². The van der Waals surface area contributed by atoms with Crippen LogP contribution < -0.4 is 5.73 Å².